The van der Waals surface area contributed by atoms with Gasteiger partial charge in [0.05, 0.1) is 24.3 Å². The molecule has 0 unspecified atom stereocenters. The Morgan fingerprint density at radius 3 is 2.61 bits per heavy atom. The van der Waals surface area contributed by atoms with E-state index in [9.17, 15) is 14.0 Å². The van der Waals surface area contributed by atoms with Crippen LogP contribution in [0.5, 0.6) is 0 Å². The number of hydrogen-bond acceptors (Lipinski definition) is 7. The van der Waals surface area contributed by atoms with Crippen LogP contribution >= 0.6 is 0 Å². The summed E-state index contributed by atoms with van der Waals surface area (Å²) in [6, 6.07) is 7.32. The van der Waals surface area contributed by atoms with E-state index < -0.39 is 11.7 Å². The van der Waals surface area contributed by atoms with E-state index >= 15 is 0 Å². The van der Waals surface area contributed by atoms with E-state index in [1.165, 1.54) is 6.20 Å². The van der Waals surface area contributed by atoms with E-state index in [0.717, 1.165) is 46.7 Å². The van der Waals surface area contributed by atoms with Crippen molar-refractivity contribution in [1.82, 2.24) is 29.4 Å². The van der Waals surface area contributed by atoms with Crippen LogP contribution in [0.3, 0.4) is 0 Å². The Kier molecular flexibility index (Phi) is 6.06. The Labute approximate surface area is 206 Å². The first-order valence-corrected chi connectivity index (χ1v) is 11.5. The van der Waals surface area contributed by atoms with E-state index in [1.807, 2.05) is 31.0 Å². The molecule has 0 spiro atoms. The highest BCUT2D eigenvalue weighted by molar-refractivity contribution is 6.12. The molecule has 5 rings (SSSR count). The molecule has 2 amide bonds. The highest BCUT2D eigenvalue weighted by Crippen LogP contribution is 2.31. The summed E-state index contributed by atoms with van der Waals surface area (Å²) in [4.78, 5) is 38.3. The number of hydrogen-bond donors (Lipinski definition) is 2. The maximum absolute atomic E-state index is 13.5. The SMILES string of the molecule is Cc1cc(C(=O)N2CCN(C)CC2)ccc1-c1ccncc1NC(=O)c1c(N)nn2cc(F)cnc12. The van der Waals surface area contributed by atoms with Crippen molar-refractivity contribution >= 4 is 29.0 Å². The number of benzene rings is 1. The third-order valence-corrected chi connectivity index (χ3v) is 6.32. The molecular formula is C25H25FN8O2. The van der Waals surface area contributed by atoms with Gasteiger partial charge in [-0.1, -0.05) is 6.07 Å². The summed E-state index contributed by atoms with van der Waals surface area (Å²) in [6.07, 6.45) is 5.25. The first-order valence-electron chi connectivity index (χ1n) is 11.5. The number of nitrogen functional groups attached to an aromatic ring is 1. The third-order valence-electron chi connectivity index (χ3n) is 6.32. The molecule has 4 heterocycles. The summed E-state index contributed by atoms with van der Waals surface area (Å²) >= 11 is 0. The van der Waals surface area contributed by atoms with Gasteiger partial charge in [-0.15, -0.1) is 5.10 Å². The summed E-state index contributed by atoms with van der Waals surface area (Å²) in [5, 5.41) is 6.81. The number of amides is 2. The zero-order valence-electron chi connectivity index (χ0n) is 19.9. The molecule has 184 valence electrons. The van der Waals surface area contributed by atoms with E-state index in [2.05, 4.69) is 25.3 Å². The number of aromatic nitrogens is 4. The van der Waals surface area contributed by atoms with Crippen LogP contribution < -0.4 is 11.1 Å². The lowest BCUT2D eigenvalue weighted by Gasteiger charge is -2.32. The van der Waals surface area contributed by atoms with Crippen LogP contribution in [0.4, 0.5) is 15.9 Å². The fourth-order valence-corrected chi connectivity index (χ4v) is 4.35. The molecule has 1 fully saturated rings. The second-order valence-electron chi connectivity index (χ2n) is 8.80. The number of likely N-dealkylation sites (N-methyl/N-ethyl adjacent to an activating group) is 1. The van der Waals surface area contributed by atoms with Crippen LogP contribution in [0.15, 0.2) is 49.1 Å². The average Bonchev–Trinajstić information content (AvgIpc) is 3.19. The first kappa shape index (κ1) is 23.4. The van der Waals surface area contributed by atoms with Crippen LogP contribution in [-0.2, 0) is 0 Å². The lowest BCUT2D eigenvalue weighted by Crippen LogP contribution is -2.47. The van der Waals surface area contributed by atoms with Crippen molar-refractivity contribution in [2.45, 2.75) is 6.92 Å². The van der Waals surface area contributed by atoms with Crippen molar-refractivity contribution in [3.8, 4) is 11.1 Å². The minimum atomic E-state index is -0.600. The van der Waals surface area contributed by atoms with Crippen LogP contribution in [0.1, 0.15) is 26.3 Å². The Hall–Kier alpha value is -4.38. The smallest absolute Gasteiger partial charge is 0.263 e. The molecule has 10 nitrogen and oxygen atoms in total. The minimum Gasteiger partial charge on any atom is -0.381 e. The molecule has 0 atom stereocenters. The van der Waals surface area contributed by atoms with E-state index in [4.69, 9.17) is 5.73 Å². The Bertz CT molecular complexity index is 1480. The number of nitrogens with zero attached hydrogens (tertiary/aromatic N) is 6. The predicted octanol–water partition coefficient (Wildman–Crippen LogP) is 2.46. The number of rotatable bonds is 4. The van der Waals surface area contributed by atoms with Crippen molar-refractivity contribution in [2.24, 2.45) is 0 Å². The van der Waals surface area contributed by atoms with Crippen LogP contribution in [0.2, 0.25) is 0 Å². The fourth-order valence-electron chi connectivity index (χ4n) is 4.35. The monoisotopic (exact) mass is 488 g/mol. The maximum Gasteiger partial charge on any atom is 0.263 e. The zero-order chi connectivity index (χ0) is 25.4. The van der Waals surface area contributed by atoms with Gasteiger partial charge in [-0.3, -0.25) is 14.6 Å². The molecular weight excluding hydrogens is 463 g/mol. The molecule has 0 bridgehead atoms. The van der Waals surface area contributed by atoms with Crippen LogP contribution in [0.25, 0.3) is 16.8 Å². The predicted molar refractivity (Wildman–Crippen MR) is 133 cm³/mol. The summed E-state index contributed by atoms with van der Waals surface area (Å²) in [7, 11) is 2.05. The molecule has 0 radical (unpaired) electrons. The first-order chi connectivity index (χ1) is 17.3. The number of aryl methyl sites for hydroxylation is 1. The molecule has 0 aliphatic carbocycles. The largest absolute Gasteiger partial charge is 0.381 e. The number of carbonyl (C=O) groups is 2. The van der Waals surface area contributed by atoms with Crippen molar-refractivity contribution in [3.05, 3.63) is 71.6 Å². The number of carbonyl (C=O) groups excluding carboxylic acids is 2. The number of nitrogens with one attached hydrogen (secondary N) is 1. The molecule has 1 aliphatic rings. The summed E-state index contributed by atoms with van der Waals surface area (Å²) < 4.78 is 14.6. The number of anilines is 2. The fraction of sp³-hybridized carbons (Fsp3) is 0.240. The number of piperazine rings is 1. The van der Waals surface area contributed by atoms with Gasteiger partial charge in [-0.2, -0.15) is 0 Å². The average molecular weight is 489 g/mol. The van der Waals surface area contributed by atoms with E-state index in [-0.39, 0.29) is 22.9 Å². The second kappa shape index (κ2) is 9.34. The highest BCUT2D eigenvalue weighted by Gasteiger charge is 2.23. The number of nitrogens with two attached hydrogens (primary N) is 1. The van der Waals surface area contributed by atoms with Crippen molar-refractivity contribution in [2.75, 3.05) is 44.3 Å². The molecule has 1 aromatic carbocycles. The van der Waals surface area contributed by atoms with Gasteiger partial charge in [0.25, 0.3) is 11.8 Å². The minimum absolute atomic E-state index is 0.00787. The maximum atomic E-state index is 13.5. The Morgan fingerprint density at radius 2 is 1.86 bits per heavy atom. The topological polar surface area (TPSA) is 122 Å². The Balaban J connectivity index is 1.42. The molecule has 11 heteroatoms. The van der Waals surface area contributed by atoms with Gasteiger partial charge < -0.3 is 20.9 Å². The van der Waals surface area contributed by atoms with Gasteiger partial charge >= 0.3 is 0 Å². The van der Waals surface area contributed by atoms with Crippen molar-refractivity contribution in [1.29, 1.82) is 0 Å². The molecule has 36 heavy (non-hydrogen) atoms. The molecule has 4 aromatic rings. The van der Waals surface area contributed by atoms with E-state index in [1.54, 1.807) is 18.3 Å². The lowest BCUT2D eigenvalue weighted by molar-refractivity contribution is 0.0664. The number of pyridine rings is 1. The van der Waals surface area contributed by atoms with Crippen molar-refractivity contribution in [3.63, 3.8) is 0 Å². The molecule has 3 N–H and O–H groups in total. The molecule has 0 saturated carbocycles. The van der Waals surface area contributed by atoms with Crippen molar-refractivity contribution < 1.29 is 14.0 Å². The van der Waals surface area contributed by atoms with Gasteiger partial charge in [-0.05, 0) is 43.3 Å². The third kappa shape index (κ3) is 4.36. The lowest BCUT2D eigenvalue weighted by atomic mass is 9.97. The summed E-state index contributed by atoms with van der Waals surface area (Å²) in [6.45, 7) is 5.02. The van der Waals surface area contributed by atoms with Gasteiger partial charge in [0.15, 0.2) is 17.3 Å². The van der Waals surface area contributed by atoms with Crippen LogP contribution in [0, 0.1) is 12.7 Å². The number of halogens is 1. The van der Waals surface area contributed by atoms with Gasteiger partial charge in [0.1, 0.15) is 5.56 Å². The highest BCUT2D eigenvalue weighted by atomic mass is 19.1. The van der Waals surface area contributed by atoms with E-state index in [0.29, 0.717) is 24.3 Å². The second-order valence-corrected chi connectivity index (χ2v) is 8.80. The molecule has 3 aromatic heterocycles. The summed E-state index contributed by atoms with van der Waals surface area (Å²) in [5.74, 6) is -1.21. The standard InChI is InChI=1S/C25H25FN8O2/c1-15-11-16(25(36)33-9-7-32(2)8-10-33)3-4-18(15)19-5-6-28-13-20(19)30-24(35)21-22(27)31-34-14-17(26)12-29-23(21)34/h3-6,11-14H,7-10H2,1-2H3,(H2,27,31)(H,30,35). The molecule has 1 saturated heterocycles. The molecule has 1 aliphatic heterocycles. The zero-order valence-corrected chi connectivity index (χ0v) is 19.9. The van der Waals surface area contributed by atoms with Gasteiger partial charge in [0, 0.05) is 43.5 Å². The normalized spacial score (nSPS) is 14.2. The van der Waals surface area contributed by atoms with Gasteiger partial charge in [-0.25, -0.2) is 13.9 Å². The van der Waals surface area contributed by atoms with Crippen LogP contribution in [-0.4, -0.2) is 74.4 Å². The summed E-state index contributed by atoms with van der Waals surface area (Å²) in [5.41, 5.74) is 9.63. The van der Waals surface area contributed by atoms with Gasteiger partial charge in [0.2, 0.25) is 0 Å². The number of fused-ring (bicyclic) bond motifs is 1. The Morgan fingerprint density at radius 1 is 1.08 bits per heavy atom. The quantitative estimate of drug-likeness (QED) is 0.453.